The molecule has 2 aliphatic rings. The van der Waals surface area contributed by atoms with Gasteiger partial charge in [-0.2, -0.15) is 0 Å². The van der Waals surface area contributed by atoms with Crippen molar-refractivity contribution < 1.29 is 9.57 Å². The number of oxime groups is 1. The molecule has 0 bridgehead atoms. The molecule has 3 heteroatoms. The van der Waals surface area contributed by atoms with Gasteiger partial charge in [-0.3, -0.25) is 0 Å². The van der Waals surface area contributed by atoms with Crippen LogP contribution in [0.4, 0.5) is 0 Å². The lowest BCUT2D eigenvalue weighted by molar-refractivity contribution is 0.0627. The molecular weight excluding hydrogens is 178 g/mol. The summed E-state index contributed by atoms with van der Waals surface area (Å²) in [6.07, 6.45) is 1.29. The molecule has 0 aromatic heterocycles. The van der Waals surface area contributed by atoms with E-state index >= 15 is 0 Å². The molecule has 0 unspecified atom stereocenters. The number of ether oxygens (including phenoxy) is 1. The van der Waals surface area contributed by atoms with E-state index in [0.717, 1.165) is 24.3 Å². The molecule has 3 rings (SSSR count). The van der Waals surface area contributed by atoms with Gasteiger partial charge >= 0.3 is 0 Å². The summed E-state index contributed by atoms with van der Waals surface area (Å²) in [5.41, 5.74) is 2.18. The number of hydrogen-bond acceptors (Lipinski definition) is 3. The first-order valence-electron chi connectivity index (χ1n) is 4.83. The van der Waals surface area contributed by atoms with Crippen molar-refractivity contribution in [3.63, 3.8) is 0 Å². The standard InChI is InChI=1S/C11H11NO2/c1-2-4-8(5-3-1)9-6-10(14-12-9)11-7-13-11/h1-5,10-11H,6-7H2/t10-,11+/m1/s1. The molecule has 3 nitrogen and oxygen atoms in total. The molecule has 1 saturated heterocycles. The fourth-order valence-corrected chi connectivity index (χ4v) is 1.67. The Bertz CT molecular complexity index is 357. The molecule has 2 atom stereocenters. The monoisotopic (exact) mass is 189 g/mol. The fraction of sp³-hybridized carbons (Fsp3) is 0.364. The van der Waals surface area contributed by atoms with E-state index in [1.54, 1.807) is 0 Å². The summed E-state index contributed by atoms with van der Waals surface area (Å²) < 4.78 is 5.18. The van der Waals surface area contributed by atoms with Crippen LogP contribution in [0.15, 0.2) is 35.5 Å². The highest BCUT2D eigenvalue weighted by Crippen LogP contribution is 2.26. The Kier molecular flexibility index (Phi) is 1.77. The summed E-state index contributed by atoms with van der Waals surface area (Å²) in [5, 5.41) is 4.09. The molecule has 2 heterocycles. The number of epoxide rings is 1. The summed E-state index contributed by atoms with van der Waals surface area (Å²) in [5.74, 6) is 0. The van der Waals surface area contributed by atoms with E-state index in [4.69, 9.17) is 9.57 Å². The van der Waals surface area contributed by atoms with Crippen molar-refractivity contribution in [2.75, 3.05) is 6.61 Å². The first kappa shape index (κ1) is 8.00. The lowest BCUT2D eigenvalue weighted by atomic mass is 10.0. The second-order valence-electron chi connectivity index (χ2n) is 3.62. The SMILES string of the molecule is c1ccc(C2=NO[C@@H]([C@@H]3CO3)C2)cc1. The van der Waals surface area contributed by atoms with Crippen molar-refractivity contribution in [2.45, 2.75) is 18.6 Å². The number of benzene rings is 1. The largest absolute Gasteiger partial charge is 0.389 e. The molecule has 0 N–H and O–H groups in total. The van der Waals surface area contributed by atoms with Gasteiger partial charge in [0.15, 0.2) is 6.10 Å². The van der Waals surface area contributed by atoms with Gasteiger partial charge in [0, 0.05) is 6.42 Å². The predicted octanol–water partition coefficient (Wildman–Crippen LogP) is 1.58. The molecule has 0 saturated carbocycles. The van der Waals surface area contributed by atoms with Crippen molar-refractivity contribution in [3.05, 3.63) is 35.9 Å². The average Bonchev–Trinajstić information content (AvgIpc) is 2.98. The third kappa shape index (κ3) is 1.40. The van der Waals surface area contributed by atoms with Crippen molar-refractivity contribution in [1.29, 1.82) is 0 Å². The van der Waals surface area contributed by atoms with E-state index in [0.29, 0.717) is 0 Å². The summed E-state index contributed by atoms with van der Waals surface area (Å²) in [7, 11) is 0. The Morgan fingerprint density at radius 3 is 2.64 bits per heavy atom. The van der Waals surface area contributed by atoms with Gasteiger partial charge in [0.25, 0.3) is 0 Å². The molecule has 72 valence electrons. The van der Waals surface area contributed by atoms with Crippen LogP contribution in [-0.2, 0) is 9.57 Å². The van der Waals surface area contributed by atoms with Crippen LogP contribution in [0.2, 0.25) is 0 Å². The Morgan fingerprint density at radius 2 is 1.93 bits per heavy atom. The lowest BCUT2D eigenvalue weighted by Gasteiger charge is -2.01. The number of rotatable bonds is 2. The van der Waals surface area contributed by atoms with Crippen molar-refractivity contribution in [2.24, 2.45) is 5.16 Å². The van der Waals surface area contributed by atoms with Crippen LogP contribution < -0.4 is 0 Å². The third-order valence-electron chi connectivity index (χ3n) is 2.57. The van der Waals surface area contributed by atoms with Crippen LogP contribution in [0, 0.1) is 0 Å². The minimum atomic E-state index is 0.144. The minimum Gasteiger partial charge on any atom is -0.389 e. The molecule has 1 fully saturated rings. The zero-order valence-corrected chi connectivity index (χ0v) is 7.72. The second kappa shape index (κ2) is 3.10. The summed E-state index contributed by atoms with van der Waals surface area (Å²) in [6.45, 7) is 0.822. The Labute approximate surface area is 82.3 Å². The normalized spacial score (nSPS) is 29.6. The molecular formula is C11H11NO2. The van der Waals surface area contributed by atoms with Gasteiger partial charge in [-0.15, -0.1) is 0 Å². The zero-order valence-electron chi connectivity index (χ0n) is 7.72. The third-order valence-corrected chi connectivity index (χ3v) is 2.57. The van der Waals surface area contributed by atoms with Gasteiger partial charge in [0.05, 0.1) is 12.3 Å². The molecule has 14 heavy (non-hydrogen) atoms. The highest BCUT2D eigenvalue weighted by atomic mass is 16.7. The van der Waals surface area contributed by atoms with Gasteiger partial charge < -0.3 is 9.57 Å². The lowest BCUT2D eigenvalue weighted by Crippen LogP contribution is -2.15. The maximum atomic E-state index is 5.31. The molecule has 0 spiro atoms. The molecule has 2 aliphatic heterocycles. The second-order valence-corrected chi connectivity index (χ2v) is 3.62. The van der Waals surface area contributed by atoms with E-state index in [1.807, 2.05) is 18.2 Å². The first-order chi connectivity index (χ1) is 6.93. The van der Waals surface area contributed by atoms with Crippen LogP contribution in [0.25, 0.3) is 0 Å². The Balaban J connectivity index is 1.75. The van der Waals surface area contributed by atoms with Crippen LogP contribution in [0.3, 0.4) is 0 Å². The quantitative estimate of drug-likeness (QED) is 0.662. The van der Waals surface area contributed by atoms with Crippen molar-refractivity contribution in [3.8, 4) is 0 Å². The van der Waals surface area contributed by atoms with Gasteiger partial charge in [0.1, 0.15) is 6.10 Å². The highest BCUT2D eigenvalue weighted by Gasteiger charge is 2.38. The maximum absolute atomic E-state index is 5.31. The molecule has 1 aromatic carbocycles. The maximum Gasteiger partial charge on any atom is 0.161 e. The topological polar surface area (TPSA) is 34.1 Å². The summed E-state index contributed by atoms with van der Waals surface area (Å²) in [6, 6.07) is 10.1. The Morgan fingerprint density at radius 1 is 1.14 bits per heavy atom. The molecule has 0 radical (unpaired) electrons. The zero-order chi connectivity index (χ0) is 9.38. The predicted molar refractivity (Wildman–Crippen MR) is 52.2 cm³/mol. The van der Waals surface area contributed by atoms with Crippen molar-refractivity contribution in [1.82, 2.24) is 0 Å². The van der Waals surface area contributed by atoms with Crippen LogP contribution >= 0.6 is 0 Å². The summed E-state index contributed by atoms with van der Waals surface area (Å²) >= 11 is 0. The van der Waals surface area contributed by atoms with E-state index in [9.17, 15) is 0 Å². The summed E-state index contributed by atoms with van der Waals surface area (Å²) in [4.78, 5) is 5.31. The van der Waals surface area contributed by atoms with Gasteiger partial charge in [-0.05, 0) is 5.56 Å². The molecule has 0 amide bonds. The minimum absolute atomic E-state index is 0.144. The molecule has 0 aliphatic carbocycles. The van der Waals surface area contributed by atoms with Gasteiger partial charge in [-0.1, -0.05) is 35.5 Å². The number of nitrogens with zero attached hydrogens (tertiary/aromatic N) is 1. The van der Waals surface area contributed by atoms with Crippen LogP contribution in [0.5, 0.6) is 0 Å². The first-order valence-corrected chi connectivity index (χ1v) is 4.83. The van der Waals surface area contributed by atoms with E-state index in [2.05, 4.69) is 17.3 Å². The van der Waals surface area contributed by atoms with E-state index in [-0.39, 0.29) is 12.2 Å². The molecule has 1 aromatic rings. The van der Waals surface area contributed by atoms with E-state index in [1.165, 1.54) is 0 Å². The van der Waals surface area contributed by atoms with Crippen molar-refractivity contribution >= 4 is 5.71 Å². The highest BCUT2D eigenvalue weighted by molar-refractivity contribution is 6.01. The van der Waals surface area contributed by atoms with Crippen LogP contribution in [-0.4, -0.2) is 24.5 Å². The van der Waals surface area contributed by atoms with E-state index < -0.39 is 0 Å². The van der Waals surface area contributed by atoms with Gasteiger partial charge in [0.2, 0.25) is 0 Å². The average molecular weight is 189 g/mol. The van der Waals surface area contributed by atoms with Crippen LogP contribution in [0.1, 0.15) is 12.0 Å². The fourth-order valence-electron chi connectivity index (χ4n) is 1.67. The Hall–Kier alpha value is -1.35. The van der Waals surface area contributed by atoms with Gasteiger partial charge in [-0.25, -0.2) is 0 Å². The number of hydrogen-bond donors (Lipinski definition) is 0. The smallest absolute Gasteiger partial charge is 0.161 e.